The van der Waals surface area contributed by atoms with Crippen LogP contribution in [0.3, 0.4) is 0 Å². The van der Waals surface area contributed by atoms with Gasteiger partial charge in [0.15, 0.2) is 5.96 Å². The van der Waals surface area contributed by atoms with Crippen LogP contribution >= 0.6 is 35.7 Å². The number of rotatable bonds is 5. The number of nitrogens with one attached hydrogen (secondary N) is 2. The van der Waals surface area contributed by atoms with E-state index < -0.39 is 0 Å². The Kier molecular flexibility index (Phi) is 10.1. The molecule has 2 saturated heterocycles. The zero-order valence-corrected chi connectivity index (χ0v) is 16.6. The van der Waals surface area contributed by atoms with Crippen LogP contribution in [0, 0.1) is 5.92 Å². The standard InChI is InChI=1S/C15H30N4S.HI/c1-3-19-8-4-6-13(12-19)10-17-15(16-2)18-11-14-7-5-9-20-14;/h13-14H,3-12H2,1-2H3,(H2,16,17,18);1H. The molecule has 2 rings (SSSR count). The summed E-state index contributed by atoms with van der Waals surface area (Å²) in [6.45, 7) is 8.06. The van der Waals surface area contributed by atoms with Crippen molar-refractivity contribution < 1.29 is 0 Å². The van der Waals surface area contributed by atoms with Crippen LogP contribution in [-0.2, 0) is 0 Å². The molecule has 0 aliphatic carbocycles. The number of halogens is 1. The summed E-state index contributed by atoms with van der Waals surface area (Å²) in [7, 11) is 1.87. The van der Waals surface area contributed by atoms with Gasteiger partial charge in [-0.05, 0) is 50.4 Å². The molecule has 2 heterocycles. The Morgan fingerprint density at radius 1 is 1.24 bits per heavy atom. The van der Waals surface area contributed by atoms with Gasteiger partial charge in [0.25, 0.3) is 0 Å². The Morgan fingerprint density at radius 2 is 2.05 bits per heavy atom. The first-order chi connectivity index (χ1) is 9.81. The number of hydrogen-bond donors (Lipinski definition) is 2. The maximum absolute atomic E-state index is 4.34. The highest BCUT2D eigenvalue weighted by Crippen LogP contribution is 2.25. The highest BCUT2D eigenvalue weighted by molar-refractivity contribution is 14.0. The van der Waals surface area contributed by atoms with Gasteiger partial charge in [-0.15, -0.1) is 24.0 Å². The van der Waals surface area contributed by atoms with E-state index in [-0.39, 0.29) is 24.0 Å². The summed E-state index contributed by atoms with van der Waals surface area (Å²) in [6, 6.07) is 0. The molecule has 2 unspecified atom stereocenters. The van der Waals surface area contributed by atoms with Gasteiger partial charge in [-0.1, -0.05) is 6.92 Å². The molecule has 0 radical (unpaired) electrons. The zero-order chi connectivity index (χ0) is 14.2. The third-order valence-electron chi connectivity index (χ3n) is 4.35. The van der Waals surface area contributed by atoms with Gasteiger partial charge in [-0.2, -0.15) is 11.8 Å². The molecule has 0 bridgehead atoms. The monoisotopic (exact) mass is 426 g/mol. The lowest BCUT2D eigenvalue weighted by Crippen LogP contribution is -2.45. The van der Waals surface area contributed by atoms with Crippen molar-refractivity contribution in [2.45, 2.75) is 37.9 Å². The quantitative estimate of drug-likeness (QED) is 0.403. The van der Waals surface area contributed by atoms with E-state index in [0.717, 1.165) is 30.2 Å². The van der Waals surface area contributed by atoms with Gasteiger partial charge < -0.3 is 15.5 Å². The van der Waals surface area contributed by atoms with Crippen molar-refractivity contribution >= 4 is 41.7 Å². The maximum Gasteiger partial charge on any atom is 0.191 e. The average Bonchev–Trinajstić information content (AvgIpc) is 3.01. The first kappa shape index (κ1) is 19.4. The summed E-state index contributed by atoms with van der Waals surface area (Å²) in [5, 5.41) is 7.77. The van der Waals surface area contributed by atoms with Crippen molar-refractivity contribution in [3.63, 3.8) is 0 Å². The predicted molar refractivity (Wildman–Crippen MR) is 105 cm³/mol. The van der Waals surface area contributed by atoms with Crippen LogP contribution in [0.5, 0.6) is 0 Å². The average molecular weight is 426 g/mol. The molecule has 2 N–H and O–H groups in total. The summed E-state index contributed by atoms with van der Waals surface area (Å²) in [5.41, 5.74) is 0. The molecule has 0 amide bonds. The van der Waals surface area contributed by atoms with E-state index in [1.807, 2.05) is 7.05 Å². The highest BCUT2D eigenvalue weighted by atomic mass is 127. The summed E-state index contributed by atoms with van der Waals surface area (Å²) < 4.78 is 0. The molecule has 2 aliphatic rings. The predicted octanol–water partition coefficient (Wildman–Crippen LogP) is 2.40. The summed E-state index contributed by atoms with van der Waals surface area (Å²) >= 11 is 2.09. The molecule has 4 nitrogen and oxygen atoms in total. The van der Waals surface area contributed by atoms with E-state index in [1.54, 1.807) is 0 Å². The molecule has 0 spiro atoms. The lowest BCUT2D eigenvalue weighted by atomic mass is 9.98. The molecule has 0 saturated carbocycles. The van der Waals surface area contributed by atoms with Crippen LogP contribution in [-0.4, -0.2) is 61.6 Å². The normalized spacial score (nSPS) is 27.2. The molecule has 124 valence electrons. The van der Waals surface area contributed by atoms with E-state index in [9.17, 15) is 0 Å². The molecule has 0 aromatic heterocycles. The highest BCUT2D eigenvalue weighted by Gasteiger charge is 2.19. The van der Waals surface area contributed by atoms with Gasteiger partial charge in [0, 0.05) is 31.9 Å². The Morgan fingerprint density at radius 3 is 2.71 bits per heavy atom. The van der Waals surface area contributed by atoms with Crippen LogP contribution in [0.25, 0.3) is 0 Å². The lowest BCUT2D eigenvalue weighted by molar-refractivity contribution is 0.183. The van der Waals surface area contributed by atoms with Crippen molar-refractivity contribution in [1.82, 2.24) is 15.5 Å². The molecule has 21 heavy (non-hydrogen) atoms. The number of aliphatic imine (C=N–C) groups is 1. The van der Waals surface area contributed by atoms with Gasteiger partial charge in [-0.25, -0.2) is 0 Å². The van der Waals surface area contributed by atoms with Crippen molar-refractivity contribution in [3.05, 3.63) is 0 Å². The Hall–Kier alpha value is 0.310. The lowest BCUT2D eigenvalue weighted by Gasteiger charge is -2.32. The summed E-state index contributed by atoms with van der Waals surface area (Å²) in [5.74, 6) is 3.07. The minimum absolute atomic E-state index is 0. The molecule has 2 aliphatic heterocycles. The summed E-state index contributed by atoms with van der Waals surface area (Å²) in [6.07, 6.45) is 5.41. The largest absolute Gasteiger partial charge is 0.356 e. The maximum atomic E-state index is 4.34. The summed E-state index contributed by atoms with van der Waals surface area (Å²) in [4.78, 5) is 6.90. The number of likely N-dealkylation sites (tertiary alicyclic amines) is 1. The van der Waals surface area contributed by atoms with Gasteiger partial charge in [0.1, 0.15) is 0 Å². The van der Waals surface area contributed by atoms with Crippen molar-refractivity contribution in [1.29, 1.82) is 0 Å². The van der Waals surface area contributed by atoms with E-state index in [2.05, 4.69) is 39.2 Å². The van der Waals surface area contributed by atoms with Gasteiger partial charge in [0.05, 0.1) is 0 Å². The first-order valence-corrected chi connectivity index (χ1v) is 9.15. The van der Waals surface area contributed by atoms with E-state index in [4.69, 9.17) is 0 Å². The second-order valence-corrected chi connectivity index (χ2v) is 7.28. The number of guanidine groups is 1. The molecule has 0 aromatic rings. The number of hydrogen-bond acceptors (Lipinski definition) is 3. The van der Waals surface area contributed by atoms with Gasteiger partial charge >= 0.3 is 0 Å². The third-order valence-corrected chi connectivity index (χ3v) is 5.75. The van der Waals surface area contributed by atoms with E-state index in [0.29, 0.717) is 0 Å². The minimum Gasteiger partial charge on any atom is -0.356 e. The van der Waals surface area contributed by atoms with Crippen LogP contribution in [0.2, 0.25) is 0 Å². The fourth-order valence-corrected chi connectivity index (χ4v) is 4.28. The van der Waals surface area contributed by atoms with Crippen LogP contribution in [0.1, 0.15) is 32.6 Å². The third kappa shape index (κ3) is 6.95. The van der Waals surface area contributed by atoms with Crippen LogP contribution < -0.4 is 10.6 Å². The number of thioether (sulfide) groups is 1. The number of nitrogens with zero attached hydrogens (tertiary/aromatic N) is 2. The van der Waals surface area contributed by atoms with Crippen molar-refractivity contribution in [2.24, 2.45) is 10.9 Å². The topological polar surface area (TPSA) is 39.7 Å². The molecular formula is C15H31IN4S. The Labute approximate surface area is 151 Å². The Bertz CT molecular complexity index is 308. The van der Waals surface area contributed by atoms with Crippen LogP contribution in [0.4, 0.5) is 0 Å². The minimum atomic E-state index is 0. The molecule has 6 heteroatoms. The Balaban J connectivity index is 0.00000220. The van der Waals surface area contributed by atoms with E-state index in [1.165, 1.54) is 51.1 Å². The van der Waals surface area contributed by atoms with Crippen molar-refractivity contribution in [2.75, 3.05) is 45.5 Å². The second kappa shape index (κ2) is 10.9. The second-order valence-electron chi connectivity index (χ2n) is 5.87. The molecule has 2 atom stereocenters. The van der Waals surface area contributed by atoms with Crippen molar-refractivity contribution in [3.8, 4) is 0 Å². The fourth-order valence-electron chi connectivity index (χ4n) is 3.08. The fraction of sp³-hybridized carbons (Fsp3) is 0.933. The van der Waals surface area contributed by atoms with E-state index >= 15 is 0 Å². The van der Waals surface area contributed by atoms with Gasteiger partial charge in [0.2, 0.25) is 0 Å². The van der Waals surface area contributed by atoms with Gasteiger partial charge in [-0.3, -0.25) is 4.99 Å². The first-order valence-electron chi connectivity index (χ1n) is 8.10. The SMILES string of the molecule is CCN1CCCC(CNC(=NC)NCC2CCCS2)C1.I. The number of piperidine rings is 1. The molecule has 2 fully saturated rings. The van der Waals surface area contributed by atoms with Crippen LogP contribution in [0.15, 0.2) is 4.99 Å². The zero-order valence-electron chi connectivity index (χ0n) is 13.4. The molecule has 0 aromatic carbocycles. The molecular weight excluding hydrogens is 395 g/mol. The smallest absolute Gasteiger partial charge is 0.191 e.